The van der Waals surface area contributed by atoms with Gasteiger partial charge < -0.3 is 14.8 Å². The maximum Gasteiger partial charge on any atom is 0.390 e. The summed E-state index contributed by atoms with van der Waals surface area (Å²) in [6.45, 7) is 2.48. The van der Waals surface area contributed by atoms with Gasteiger partial charge in [0.25, 0.3) is 0 Å². The number of halogens is 6. The number of nitrogens with one attached hydrogen (secondary N) is 1. The van der Waals surface area contributed by atoms with Crippen molar-refractivity contribution in [3.05, 3.63) is 22.7 Å². The van der Waals surface area contributed by atoms with E-state index in [1.807, 2.05) is 4.90 Å². The predicted octanol–water partition coefficient (Wildman–Crippen LogP) is 3.81. The molecule has 2 aliphatic rings. The molecule has 0 radical (unpaired) electrons. The average molecular weight is 410 g/mol. The number of ether oxygens (including phenoxy) is 2. The van der Waals surface area contributed by atoms with E-state index in [-0.39, 0.29) is 36.6 Å². The molecular weight excluding hydrogens is 392 g/mol. The molecule has 0 amide bonds. The van der Waals surface area contributed by atoms with E-state index in [2.05, 4.69) is 5.32 Å². The van der Waals surface area contributed by atoms with E-state index in [0.717, 1.165) is 0 Å². The highest BCUT2D eigenvalue weighted by molar-refractivity contribution is 6.31. The van der Waals surface area contributed by atoms with E-state index >= 15 is 0 Å². The molecule has 1 aromatic carbocycles. The minimum absolute atomic E-state index is 0. The van der Waals surface area contributed by atoms with Crippen molar-refractivity contribution >= 4 is 36.4 Å². The second kappa shape index (κ2) is 8.67. The van der Waals surface area contributed by atoms with Gasteiger partial charge in [0.05, 0.1) is 6.42 Å². The summed E-state index contributed by atoms with van der Waals surface area (Å²) < 4.78 is 49.5. The fraction of sp³-hybridized carbons (Fsp3) is 0.571. The minimum atomic E-state index is -4.27. The van der Waals surface area contributed by atoms with Crippen LogP contribution in [0.3, 0.4) is 0 Å². The maximum atomic E-state index is 13.0. The lowest BCUT2D eigenvalue weighted by molar-refractivity contribution is -0.148. The van der Waals surface area contributed by atoms with E-state index in [9.17, 15) is 13.2 Å². The van der Waals surface area contributed by atoms with Gasteiger partial charge in [0, 0.05) is 43.3 Å². The van der Waals surface area contributed by atoms with Gasteiger partial charge in [-0.15, -0.1) is 24.8 Å². The fourth-order valence-electron chi connectivity index (χ4n) is 2.84. The third-order valence-electron chi connectivity index (χ3n) is 3.87. The summed E-state index contributed by atoms with van der Waals surface area (Å²) in [4.78, 5) is 1.81. The van der Waals surface area contributed by atoms with Gasteiger partial charge >= 0.3 is 6.18 Å². The summed E-state index contributed by atoms with van der Waals surface area (Å²) in [7, 11) is 0. The fourth-order valence-corrected chi connectivity index (χ4v) is 3.12. The van der Waals surface area contributed by atoms with Crippen LogP contribution in [0.1, 0.15) is 18.0 Å². The molecule has 0 bridgehead atoms. The van der Waals surface area contributed by atoms with Crippen LogP contribution in [0.4, 0.5) is 13.2 Å². The Morgan fingerprint density at radius 1 is 1.12 bits per heavy atom. The average Bonchev–Trinajstić information content (AvgIpc) is 2.91. The Kier molecular flexibility index (Phi) is 7.75. The van der Waals surface area contributed by atoms with E-state index in [0.29, 0.717) is 43.2 Å². The zero-order valence-corrected chi connectivity index (χ0v) is 15.0. The number of rotatable bonds is 3. The predicted molar refractivity (Wildman–Crippen MR) is 89.9 cm³/mol. The first-order valence-corrected chi connectivity index (χ1v) is 7.42. The Labute approximate surface area is 155 Å². The van der Waals surface area contributed by atoms with Crippen LogP contribution in [0, 0.1) is 0 Å². The third-order valence-corrected chi connectivity index (χ3v) is 4.20. The van der Waals surface area contributed by atoms with Crippen LogP contribution in [0.25, 0.3) is 0 Å². The summed E-state index contributed by atoms with van der Waals surface area (Å²) >= 11 is 6.21. The van der Waals surface area contributed by atoms with Gasteiger partial charge in [-0.2, -0.15) is 13.2 Å². The molecule has 4 nitrogen and oxygen atoms in total. The Balaban J connectivity index is 0.00000144. The second-order valence-corrected chi connectivity index (χ2v) is 5.76. The van der Waals surface area contributed by atoms with Crippen LogP contribution in [-0.2, 0) is 0 Å². The monoisotopic (exact) mass is 408 g/mol. The van der Waals surface area contributed by atoms with Gasteiger partial charge in [0.2, 0.25) is 6.79 Å². The molecule has 0 aromatic heterocycles. The zero-order valence-electron chi connectivity index (χ0n) is 12.6. The van der Waals surface area contributed by atoms with Gasteiger partial charge in [-0.05, 0) is 11.6 Å². The lowest BCUT2D eigenvalue weighted by atomic mass is 10.00. The van der Waals surface area contributed by atoms with Gasteiger partial charge in [-0.3, -0.25) is 4.90 Å². The number of piperazine rings is 1. The van der Waals surface area contributed by atoms with Crippen molar-refractivity contribution in [3.63, 3.8) is 0 Å². The molecule has 138 valence electrons. The first kappa shape index (κ1) is 21.4. The molecule has 1 saturated heterocycles. The Bertz CT molecular complexity index is 555. The van der Waals surface area contributed by atoms with Crippen LogP contribution >= 0.6 is 36.4 Å². The number of hydrogen-bond donors (Lipinski definition) is 1. The Hall–Kier alpha value is -0.600. The van der Waals surface area contributed by atoms with Crippen LogP contribution in [0.2, 0.25) is 5.02 Å². The molecule has 10 heteroatoms. The quantitative estimate of drug-likeness (QED) is 0.823. The highest BCUT2D eigenvalue weighted by atomic mass is 35.5. The number of alkyl halides is 3. The molecule has 1 aromatic rings. The maximum absolute atomic E-state index is 13.0. The van der Waals surface area contributed by atoms with Crippen molar-refractivity contribution in [2.75, 3.05) is 33.0 Å². The summed E-state index contributed by atoms with van der Waals surface area (Å²) in [5.74, 6) is 0.918. The van der Waals surface area contributed by atoms with Crippen LogP contribution in [0.5, 0.6) is 11.5 Å². The summed E-state index contributed by atoms with van der Waals surface area (Å²) in [6.07, 6.45) is -5.21. The summed E-state index contributed by atoms with van der Waals surface area (Å²) in [6, 6.07) is 2.29. The number of benzene rings is 1. The Morgan fingerprint density at radius 3 is 2.29 bits per heavy atom. The van der Waals surface area contributed by atoms with Crippen molar-refractivity contribution in [3.8, 4) is 11.5 Å². The second-order valence-electron chi connectivity index (χ2n) is 5.35. The first-order chi connectivity index (χ1) is 10.4. The molecule has 1 fully saturated rings. The van der Waals surface area contributed by atoms with Crippen LogP contribution in [-0.4, -0.2) is 44.0 Å². The van der Waals surface area contributed by atoms with E-state index in [4.69, 9.17) is 21.1 Å². The van der Waals surface area contributed by atoms with E-state index in [1.165, 1.54) is 6.07 Å². The first-order valence-electron chi connectivity index (χ1n) is 7.04. The van der Waals surface area contributed by atoms with Gasteiger partial charge in [0.1, 0.15) is 0 Å². The molecule has 1 N–H and O–H groups in total. The van der Waals surface area contributed by atoms with Crippen molar-refractivity contribution in [1.82, 2.24) is 10.2 Å². The summed E-state index contributed by atoms with van der Waals surface area (Å²) in [5.41, 5.74) is 0.435. The van der Waals surface area contributed by atoms with Crippen LogP contribution in [0.15, 0.2) is 12.1 Å². The molecule has 1 atom stereocenters. The number of nitrogens with zero attached hydrogens (tertiary/aromatic N) is 1. The summed E-state index contributed by atoms with van der Waals surface area (Å²) in [5, 5.41) is 3.41. The van der Waals surface area contributed by atoms with E-state index in [1.54, 1.807) is 6.07 Å². The van der Waals surface area contributed by atoms with Crippen molar-refractivity contribution < 1.29 is 22.6 Å². The Morgan fingerprint density at radius 2 is 1.71 bits per heavy atom. The van der Waals surface area contributed by atoms with Crippen molar-refractivity contribution in [1.29, 1.82) is 0 Å². The molecule has 0 unspecified atom stereocenters. The largest absolute Gasteiger partial charge is 0.454 e. The van der Waals surface area contributed by atoms with Gasteiger partial charge in [-0.1, -0.05) is 11.6 Å². The highest BCUT2D eigenvalue weighted by Crippen LogP contribution is 2.43. The minimum Gasteiger partial charge on any atom is -0.454 e. The molecule has 3 rings (SSSR count). The number of fused-ring (bicyclic) bond motifs is 1. The number of hydrogen-bond acceptors (Lipinski definition) is 4. The van der Waals surface area contributed by atoms with Gasteiger partial charge in [0.15, 0.2) is 11.5 Å². The molecule has 0 saturated carbocycles. The third kappa shape index (κ3) is 4.95. The smallest absolute Gasteiger partial charge is 0.390 e. The highest BCUT2D eigenvalue weighted by Gasteiger charge is 2.37. The lowest BCUT2D eigenvalue weighted by Gasteiger charge is -2.36. The standard InChI is InChI=1S/C14H16ClF3N2O2.2ClH/c15-10-6-13-12(21-8-22-13)5-9(10)11(7-14(16,17)18)20-3-1-19-2-4-20;;/h5-6,11,19H,1-4,7-8H2;2*1H/t11-;;/m0../s1. The SMILES string of the molecule is Cl.Cl.FC(F)(F)C[C@@H](c1cc2c(cc1Cl)OCO2)N1CCNCC1. The molecule has 0 aliphatic carbocycles. The topological polar surface area (TPSA) is 33.7 Å². The van der Waals surface area contributed by atoms with E-state index < -0.39 is 18.6 Å². The lowest BCUT2D eigenvalue weighted by Crippen LogP contribution is -2.46. The van der Waals surface area contributed by atoms with Crippen molar-refractivity contribution in [2.24, 2.45) is 0 Å². The zero-order chi connectivity index (χ0) is 15.7. The molecule has 0 spiro atoms. The molecule has 2 aliphatic heterocycles. The molecular formula is C14H18Cl3F3N2O2. The molecule has 2 heterocycles. The van der Waals surface area contributed by atoms with Crippen molar-refractivity contribution in [2.45, 2.75) is 18.6 Å². The normalized spacial score (nSPS) is 18.5. The van der Waals surface area contributed by atoms with Crippen LogP contribution < -0.4 is 14.8 Å². The molecule has 24 heavy (non-hydrogen) atoms. The van der Waals surface area contributed by atoms with Gasteiger partial charge in [-0.25, -0.2) is 0 Å².